The molecule has 0 atom stereocenters. The first-order valence-electron chi connectivity index (χ1n) is 11.2. The lowest BCUT2D eigenvalue weighted by Gasteiger charge is -2.22. The molecule has 0 spiro atoms. The van der Waals surface area contributed by atoms with Crippen LogP contribution in [0.15, 0.2) is 59.2 Å². The van der Waals surface area contributed by atoms with Crippen LogP contribution in [0.4, 0.5) is 5.69 Å². The molecule has 1 saturated carbocycles. The summed E-state index contributed by atoms with van der Waals surface area (Å²) in [7, 11) is 0. The highest BCUT2D eigenvalue weighted by molar-refractivity contribution is 6.32. The summed E-state index contributed by atoms with van der Waals surface area (Å²) >= 11 is 0. The topological polar surface area (TPSA) is 94.8 Å². The van der Waals surface area contributed by atoms with Crippen LogP contribution in [-0.2, 0) is 9.59 Å². The highest BCUT2D eigenvalue weighted by atomic mass is 16.5. The fourth-order valence-corrected chi connectivity index (χ4v) is 4.08. The van der Waals surface area contributed by atoms with Crippen LogP contribution in [0, 0.1) is 11.3 Å². The number of para-hydroxylation sites is 1. The van der Waals surface area contributed by atoms with Crippen molar-refractivity contribution < 1.29 is 14.3 Å². The van der Waals surface area contributed by atoms with Gasteiger partial charge >= 0.3 is 0 Å². The molecule has 2 aliphatic rings. The molecule has 168 valence electrons. The van der Waals surface area contributed by atoms with Gasteiger partial charge in [0.05, 0.1) is 28.6 Å². The predicted molar refractivity (Wildman–Crippen MR) is 127 cm³/mol. The molecule has 1 N–H and O–H groups in total. The summed E-state index contributed by atoms with van der Waals surface area (Å²) < 4.78 is 5.81. The zero-order chi connectivity index (χ0) is 23.2. The minimum Gasteiger partial charge on any atom is -0.483 e. The van der Waals surface area contributed by atoms with E-state index in [0.29, 0.717) is 33.8 Å². The molecule has 33 heavy (non-hydrogen) atoms. The van der Waals surface area contributed by atoms with Crippen LogP contribution in [0.3, 0.4) is 0 Å². The van der Waals surface area contributed by atoms with E-state index in [4.69, 9.17) is 10.00 Å². The largest absolute Gasteiger partial charge is 0.483 e. The van der Waals surface area contributed by atoms with Crippen molar-refractivity contribution in [2.24, 2.45) is 5.10 Å². The van der Waals surface area contributed by atoms with Gasteiger partial charge in [0.2, 0.25) is 0 Å². The number of carbonyl (C=O) groups excluding carboxylic acids is 2. The van der Waals surface area contributed by atoms with Crippen LogP contribution < -0.4 is 15.1 Å². The summed E-state index contributed by atoms with van der Waals surface area (Å²) in [5.41, 5.74) is 2.82. The van der Waals surface area contributed by atoms with Crippen LogP contribution in [0.5, 0.6) is 5.75 Å². The maximum Gasteiger partial charge on any atom is 0.280 e. The Morgan fingerprint density at radius 1 is 1.18 bits per heavy atom. The van der Waals surface area contributed by atoms with E-state index >= 15 is 0 Å². The van der Waals surface area contributed by atoms with Gasteiger partial charge in [-0.25, -0.2) is 0 Å². The average molecular weight is 443 g/mol. The second-order valence-corrected chi connectivity index (χ2v) is 8.25. The maximum atomic E-state index is 13.0. The van der Waals surface area contributed by atoms with Gasteiger partial charge in [-0.15, -0.1) is 0 Å². The summed E-state index contributed by atoms with van der Waals surface area (Å²) in [6.45, 7) is 1.70. The second-order valence-electron chi connectivity index (χ2n) is 8.25. The summed E-state index contributed by atoms with van der Waals surface area (Å²) in [6, 6.07) is 16.3. The fraction of sp³-hybridized carbons (Fsp3) is 0.308. The van der Waals surface area contributed by atoms with Crippen molar-refractivity contribution in [1.29, 1.82) is 5.26 Å². The molecule has 1 fully saturated rings. The highest BCUT2D eigenvalue weighted by Crippen LogP contribution is 2.28. The Morgan fingerprint density at radius 3 is 2.64 bits per heavy atom. The number of hydrogen-bond acceptors (Lipinski definition) is 5. The van der Waals surface area contributed by atoms with Crippen molar-refractivity contribution in [3.8, 4) is 11.8 Å². The van der Waals surface area contributed by atoms with Gasteiger partial charge in [0.1, 0.15) is 5.75 Å². The number of benzene rings is 2. The summed E-state index contributed by atoms with van der Waals surface area (Å²) in [5, 5.41) is 17.7. The van der Waals surface area contributed by atoms with Gasteiger partial charge in [0, 0.05) is 11.6 Å². The first kappa shape index (κ1) is 22.3. The molecule has 0 radical (unpaired) electrons. The first-order valence-corrected chi connectivity index (χ1v) is 11.2. The predicted octanol–water partition coefficient (Wildman–Crippen LogP) is 4.19. The number of carbonyl (C=O) groups is 2. The van der Waals surface area contributed by atoms with E-state index in [1.54, 1.807) is 43.3 Å². The van der Waals surface area contributed by atoms with Gasteiger partial charge in [-0.05, 0) is 56.2 Å². The van der Waals surface area contributed by atoms with E-state index in [1.165, 1.54) is 11.4 Å². The van der Waals surface area contributed by atoms with E-state index in [-0.39, 0.29) is 24.5 Å². The third kappa shape index (κ3) is 5.29. The zero-order valence-corrected chi connectivity index (χ0v) is 18.6. The van der Waals surface area contributed by atoms with Crippen molar-refractivity contribution in [3.05, 3.63) is 65.2 Å². The van der Waals surface area contributed by atoms with Crippen LogP contribution in [0.25, 0.3) is 6.08 Å². The number of rotatable bonds is 6. The van der Waals surface area contributed by atoms with Gasteiger partial charge < -0.3 is 10.1 Å². The molecule has 0 saturated heterocycles. The summed E-state index contributed by atoms with van der Waals surface area (Å²) in [5.74, 6) is 0.134. The molecule has 2 aromatic carbocycles. The number of hydrazone groups is 1. The highest BCUT2D eigenvalue weighted by Gasteiger charge is 2.29. The zero-order valence-electron chi connectivity index (χ0n) is 18.6. The SMILES string of the molecule is CC1=NN(c2ccc(C#N)cc2)C(=O)/C1=C/c1ccccc1OCC(=O)NC1CCCCC1. The van der Waals surface area contributed by atoms with Gasteiger partial charge in [0.25, 0.3) is 11.8 Å². The molecule has 1 aliphatic carbocycles. The minimum absolute atomic E-state index is 0.0743. The van der Waals surface area contributed by atoms with E-state index < -0.39 is 0 Å². The Morgan fingerprint density at radius 2 is 1.91 bits per heavy atom. The molecular weight excluding hydrogens is 416 g/mol. The molecule has 4 rings (SSSR count). The number of hydrogen-bond donors (Lipinski definition) is 1. The summed E-state index contributed by atoms with van der Waals surface area (Å²) in [4.78, 5) is 25.4. The molecule has 7 heteroatoms. The van der Waals surface area contributed by atoms with Crippen LogP contribution in [0.2, 0.25) is 0 Å². The maximum absolute atomic E-state index is 13.0. The minimum atomic E-state index is -0.262. The Balaban J connectivity index is 1.46. The number of ether oxygens (including phenoxy) is 1. The van der Waals surface area contributed by atoms with E-state index in [9.17, 15) is 9.59 Å². The normalized spacial score (nSPS) is 17.6. The van der Waals surface area contributed by atoms with E-state index in [1.807, 2.05) is 18.2 Å². The van der Waals surface area contributed by atoms with E-state index in [2.05, 4.69) is 16.5 Å². The smallest absolute Gasteiger partial charge is 0.280 e. The Kier molecular flexibility index (Phi) is 6.84. The lowest BCUT2D eigenvalue weighted by molar-refractivity contribution is -0.124. The molecular formula is C26H26N4O3. The number of nitriles is 1. The standard InChI is InChI=1S/C26H26N4O3/c1-18-23(26(32)30(29-18)22-13-11-19(16-27)12-14-22)15-20-7-5-6-10-24(20)33-17-25(31)28-21-8-3-2-4-9-21/h5-7,10-15,21H,2-4,8-9,17H2,1H3,(H,28,31)/b23-15+. The van der Waals surface area contributed by atoms with Crippen molar-refractivity contribution in [1.82, 2.24) is 5.32 Å². The van der Waals surface area contributed by atoms with Gasteiger partial charge in [0.15, 0.2) is 6.61 Å². The monoisotopic (exact) mass is 442 g/mol. The third-order valence-electron chi connectivity index (χ3n) is 5.85. The van der Waals surface area contributed by atoms with Crippen molar-refractivity contribution in [3.63, 3.8) is 0 Å². The van der Waals surface area contributed by atoms with Crippen molar-refractivity contribution in [2.75, 3.05) is 11.6 Å². The Labute approximate surface area is 193 Å². The summed E-state index contributed by atoms with van der Waals surface area (Å²) in [6.07, 6.45) is 7.30. The van der Waals surface area contributed by atoms with Crippen molar-refractivity contribution >= 4 is 29.3 Å². The molecule has 0 bridgehead atoms. The molecule has 7 nitrogen and oxygen atoms in total. The quantitative estimate of drug-likeness (QED) is 0.679. The van der Waals surface area contributed by atoms with Crippen LogP contribution >= 0.6 is 0 Å². The lowest BCUT2D eigenvalue weighted by Crippen LogP contribution is -2.39. The number of nitrogens with one attached hydrogen (secondary N) is 1. The third-order valence-corrected chi connectivity index (χ3v) is 5.85. The molecule has 0 unspecified atom stereocenters. The lowest BCUT2D eigenvalue weighted by atomic mass is 9.95. The average Bonchev–Trinajstić information content (AvgIpc) is 3.12. The molecule has 0 aromatic heterocycles. The number of amides is 2. The molecule has 1 aliphatic heterocycles. The molecule has 1 heterocycles. The first-order chi connectivity index (χ1) is 16.0. The Hall–Kier alpha value is -3.92. The van der Waals surface area contributed by atoms with Crippen molar-refractivity contribution in [2.45, 2.75) is 45.1 Å². The van der Waals surface area contributed by atoms with Crippen LogP contribution in [0.1, 0.15) is 50.2 Å². The van der Waals surface area contributed by atoms with Gasteiger partial charge in [-0.1, -0.05) is 37.5 Å². The number of nitrogens with zero attached hydrogens (tertiary/aromatic N) is 3. The Bertz CT molecular complexity index is 1140. The van der Waals surface area contributed by atoms with E-state index in [0.717, 1.165) is 25.7 Å². The van der Waals surface area contributed by atoms with Gasteiger partial charge in [-0.2, -0.15) is 15.4 Å². The van der Waals surface area contributed by atoms with Gasteiger partial charge in [-0.3, -0.25) is 9.59 Å². The molecule has 2 aromatic rings. The molecule has 2 amide bonds. The fourth-order valence-electron chi connectivity index (χ4n) is 4.08. The van der Waals surface area contributed by atoms with Crippen LogP contribution in [-0.4, -0.2) is 30.2 Å². The number of anilines is 1. The second kappa shape index (κ2) is 10.1.